The molecule has 0 saturated heterocycles. The van der Waals surface area contributed by atoms with Gasteiger partial charge < -0.3 is 5.32 Å². The van der Waals surface area contributed by atoms with Crippen LogP contribution in [-0.2, 0) is 6.54 Å². The van der Waals surface area contributed by atoms with Crippen LogP contribution >= 0.6 is 27.5 Å². The minimum Gasteiger partial charge on any atom is -0.378 e. The van der Waals surface area contributed by atoms with Gasteiger partial charge in [-0.2, -0.15) is 0 Å². The lowest BCUT2D eigenvalue weighted by Gasteiger charge is -2.10. The maximum Gasteiger partial charge on any atom is 0.182 e. The molecule has 2 rings (SSSR count). The van der Waals surface area contributed by atoms with E-state index >= 15 is 0 Å². The van der Waals surface area contributed by atoms with Gasteiger partial charge in [-0.05, 0) is 23.8 Å². The molecule has 0 bridgehead atoms. The first-order chi connectivity index (χ1) is 8.97. The second kappa shape index (κ2) is 5.84. The monoisotopic (exact) mass is 349 g/mol. The third kappa shape index (κ3) is 3.42. The Labute approximate surface area is 121 Å². The van der Waals surface area contributed by atoms with Gasteiger partial charge >= 0.3 is 0 Å². The van der Waals surface area contributed by atoms with Gasteiger partial charge in [-0.15, -0.1) is 0 Å². The minimum absolute atomic E-state index is 0.151. The molecule has 0 aromatic heterocycles. The highest BCUT2D eigenvalue weighted by molar-refractivity contribution is 9.10. The predicted octanol–water partition coefficient (Wildman–Crippen LogP) is 5.13. The Morgan fingerprint density at radius 3 is 2.58 bits per heavy atom. The molecule has 0 aliphatic heterocycles. The van der Waals surface area contributed by atoms with E-state index in [9.17, 15) is 13.2 Å². The molecule has 19 heavy (non-hydrogen) atoms. The first-order valence-corrected chi connectivity index (χ1v) is 6.47. The lowest BCUT2D eigenvalue weighted by molar-refractivity contribution is 0.497. The highest BCUT2D eigenvalue weighted by Crippen LogP contribution is 2.24. The van der Waals surface area contributed by atoms with Crippen LogP contribution in [0.3, 0.4) is 0 Å². The van der Waals surface area contributed by atoms with Gasteiger partial charge in [0.15, 0.2) is 11.6 Å². The van der Waals surface area contributed by atoms with Crippen molar-refractivity contribution in [2.24, 2.45) is 0 Å². The molecule has 1 N–H and O–H groups in total. The van der Waals surface area contributed by atoms with E-state index < -0.39 is 17.5 Å². The maximum atomic E-state index is 13.4. The molecule has 0 radical (unpaired) electrons. The Bertz CT molecular complexity index is 619. The van der Waals surface area contributed by atoms with Crippen molar-refractivity contribution in [2.45, 2.75) is 6.54 Å². The van der Waals surface area contributed by atoms with E-state index in [2.05, 4.69) is 21.2 Å². The fourth-order valence-corrected chi connectivity index (χ4v) is 2.15. The summed E-state index contributed by atoms with van der Waals surface area (Å²) in [4.78, 5) is 0. The first-order valence-electron chi connectivity index (χ1n) is 5.29. The second-order valence-electron chi connectivity index (χ2n) is 3.84. The van der Waals surface area contributed by atoms with Crippen LogP contribution in [0, 0.1) is 17.5 Å². The summed E-state index contributed by atoms with van der Waals surface area (Å²) in [5.41, 5.74) is 0.439. The molecule has 100 valence electrons. The lowest BCUT2D eigenvalue weighted by Crippen LogP contribution is -2.04. The van der Waals surface area contributed by atoms with Crippen molar-refractivity contribution in [3.8, 4) is 0 Å². The average Bonchev–Trinajstić information content (AvgIpc) is 2.35. The molecule has 2 aromatic rings. The normalized spacial score (nSPS) is 10.6. The summed E-state index contributed by atoms with van der Waals surface area (Å²) in [5, 5.41) is 3.10. The molecule has 0 aliphatic carbocycles. The minimum atomic E-state index is -1.23. The Morgan fingerprint density at radius 2 is 1.84 bits per heavy atom. The van der Waals surface area contributed by atoms with Gasteiger partial charge in [0.05, 0.1) is 5.69 Å². The highest BCUT2D eigenvalue weighted by atomic mass is 79.9. The average molecular weight is 351 g/mol. The molecule has 0 amide bonds. The fraction of sp³-hybridized carbons (Fsp3) is 0.0769. The van der Waals surface area contributed by atoms with Crippen molar-refractivity contribution < 1.29 is 13.2 Å². The van der Waals surface area contributed by atoms with Crippen LogP contribution in [0.15, 0.2) is 34.8 Å². The number of anilines is 1. The van der Waals surface area contributed by atoms with E-state index in [4.69, 9.17) is 11.6 Å². The van der Waals surface area contributed by atoms with Gasteiger partial charge in [0.1, 0.15) is 5.82 Å². The van der Waals surface area contributed by atoms with E-state index in [1.807, 2.05) is 0 Å². The summed E-state index contributed by atoms with van der Waals surface area (Å²) < 4.78 is 40.2. The lowest BCUT2D eigenvalue weighted by atomic mass is 10.2. The van der Waals surface area contributed by atoms with E-state index in [0.29, 0.717) is 16.7 Å². The van der Waals surface area contributed by atoms with Crippen LogP contribution in [0.5, 0.6) is 0 Å². The van der Waals surface area contributed by atoms with E-state index in [-0.39, 0.29) is 12.2 Å². The summed E-state index contributed by atoms with van der Waals surface area (Å²) in [6.45, 7) is 0.151. The van der Waals surface area contributed by atoms with Crippen molar-refractivity contribution in [1.29, 1.82) is 0 Å². The van der Waals surface area contributed by atoms with E-state index in [1.54, 1.807) is 18.2 Å². The molecule has 0 heterocycles. The van der Waals surface area contributed by atoms with Crippen molar-refractivity contribution in [2.75, 3.05) is 5.32 Å². The molecule has 0 atom stereocenters. The van der Waals surface area contributed by atoms with Crippen LogP contribution in [-0.4, -0.2) is 0 Å². The third-order valence-corrected chi connectivity index (χ3v) is 3.33. The van der Waals surface area contributed by atoms with Crippen LogP contribution in [0.4, 0.5) is 18.9 Å². The number of hydrogen-bond acceptors (Lipinski definition) is 1. The Morgan fingerprint density at radius 1 is 1.11 bits per heavy atom. The van der Waals surface area contributed by atoms with Gasteiger partial charge in [-0.25, -0.2) is 13.2 Å². The predicted molar refractivity (Wildman–Crippen MR) is 72.8 cm³/mol. The highest BCUT2D eigenvalue weighted by Gasteiger charge is 2.11. The standard InChI is InChI=1S/C13H8BrClF3N/c14-8-1-2-10(15)7(3-8)6-19-12-5-9(16)4-11(17)13(12)18/h1-5,19H,6H2. The van der Waals surface area contributed by atoms with Crippen molar-refractivity contribution in [3.63, 3.8) is 0 Å². The zero-order valence-corrected chi connectivity index (χ0v) is 11.8. The van der Waals surface area contributed by atoms with Gasteiger partial charge in [0.25, 0.3) is 0 Å². The fourth-order valence-electron chi connectivity index (χ4n) is 1.55. The van der Waals surface area contributed by atoms with Gasteiger partial charge in [-0.3, -0.25) is 0 Å². The zero-order valence-electron chi connectivity index (χ0n) is 9.48. The molecule has 0 aliphatic rings. The van der Waals surface area contributed by atoms with Crippen molar-refractivity contribution >= 4 is 33.2 Å². The summed E-state index contributed by atoms with van der Waals surface area (Å²) in [6.07, 6.45) is 0. The molecule has 6 heteroatoms. The number of halogens is 5. The molecule has 0 fully saturated rings. The number of hydrogen-bond donors (Lipinski definition) is 1. The number of rotatable bonds is 3. The molecule has 0 spiro atoms. The second-order valence-corrected chi connectivity index (χ2v) is 5.16. The molecular weight excluding hydrogens is 343 g/mol. The SMILES string of the molecule is Fc1cc(F)c(F)c(NCc2cc(Br)ccc2Cl)c1. The molecule has 0 saturated carbocycles. The molecule has 1 nitrogen and oxygen atoms in total. The van der Waals surface area contributed by atoms with E-state index in [0.717, 1.165) is 10.5 Å². The van der Waals surface area contributed by atoms with Crippen LogP contribution < -0.4 is 5.32 Å². The summed E-state index contributed by atoms with van der Waals surface area (Å²) in [7, 11) is 0. The smallest absolute Gasteiger partial charge is 0.182 e. The quantitative estimate of drug-likeness (QED) is 0.757. The van der Waals surface area contributed by atoms with Crippen LogP contribution in [0.25, 0.3) is 0 Å². The summed E-state index contributed by atoms with van der Waals surface area (Å²) in [5.74, 6) is -3.20. The van der Waals surface area contributed by atoms with Crippen LogP contribution in [0.2, 0.25) is 5.02 Å². The van der Waals surface area contributed by atoms with Crippen molar-refractivity contribution in [1.82, 2.24) is 0 Å². The molecule has 2 aromatic carbocycles. The largest absolute Gasteiger partial charge is 0.378 e. The molecular formula is C13H8BrClF3N. The summed E-state index contributed by atoms with van der Waals surface area (Å²) >= 11 is 9.24. The van der Waals surface area contributed by atoms with Gasteiger partial charge in [-0.1, -0.05) is 27.5 Å². The summed E-state index contributed by atoms with van der Waals surface area (Å²) in [6, 6.07) is 6.55. The topological polar surface area (TPSA) is 12.0 Å². The molecule has 0 unspecified atom stereocenters. The van der Waals surface area contributed by atoms with Gasteiger partial charge in [0.2, 0.25) is 0 Å². The van der Waals surface area contributed by atoms with E-state index in [1.165, 1.54) is 0 Å². The maximum absolute atomic E-state index is 13.4. The van der Waals surface area contributed by atoms with Gasteiger partial charge in [0, 0.05) is 28.2 Å². The Balaban J connectivity index is 2.21. The number of benzene rings is 2. The van der Waals surface area contributed by atoms with Crippen molar-refractivity contribution in [3.05, 3.63) is 62.8 Å². The Hall–Kier alpha value is -1.20. The first kappa shape index (κ1) is 14.2. The third-order valence-electron chi connectivity index (χ3n) is 2.47. The number of nitrogens with one attached hydrogen (secondary N) is 1. The zero-order chi connectivity index (χ0) is 14.0. The Kier molecular flexibility index (Phi) is 4.37. The van der Waals surface area contributed by atoms with Crippen LogP contribution in [0.1, 0.15) is 5.56 Å².